The molecule has 1 saturated carbocycles. The lowest BCUT2D eigenvalue weighted by atomic mass is 10.1. The van der Waals surface area contributed by atoms with Crippen molar-refractivity contribution in [2.24, 2.45) is 0 Å². The number of nitrogens with one attached hydrogen (secondary N) is 1. The predicted molar refractivity (Wildman–Crippen MR) is 129 cm³/mol. The summed E-state index contributed by atoms with van der Waals surface area (Å²) < 4.78 is 3.49. The molecule has 164 valence electrons. The summed E-state index contributed by atoms with van der Waals surface area (Å²) in [5.41, 5.74) is 2.76. The van der Waals surface area contributed by atoms with Crippen LogP contribution in [0, 0.1) is 0 Å². The SMILES string of the molecule is O=C(NC1CCCCCC1)c1cn2c(-c3ccccc3)ccc2c(=O)n1Cc1cccs1. The summed E-state index contributed by atoms with van der Waals surface area (Å²) in [6.07, 6.45) is 8.57. The monoisotopic (exact) mass is 445 g/mol. The molecule has 3 heterocycles. The topological polar surface area (TPSA) is 55.5 Å². The molecule has 6 heteroatoms. The van der Waals surface area contributed by atoms with E-state index in [0.717, 1.165) is 41.8 Å². The first kappa shape index (κ1) is 20.8. The molecule has 1 aromatic carbocycles. The van der Waals surface area contributed by atoms with Gasteiger partial charge in [0.25, 0.3) is 11.5 Å². The number of rotatable bonds is 5. The maximum absolute atomic E-state index is 13.5. The number of aromatic nitrogens is 2. The Balaban J connectivity index is 1.60. The summed E-state index contributed by atoms with van der Waals surface area (Å²) in [5, 5.41) is 5.22. The average molecular weight is 446 g/mol. The van der Waals surface area contributed by atoms with Crippen molar-refractivity contribution in [1.82, 2.24) is 14.3 Å². The summed E-state index contributed by atoms with van der Waals surface area (Å²) in [7, 11) is 0. The van der Waals surface area contributed by atoms with E-state index in [9.17, 15) is 9.59 Å². The smallest absolute Gasteiger partial charge is 0.275 e. The molecule has 32 heavy (non-hydrogen) atoms. The van der Waals surface area contributed by atoms with Crippen molar-refractivity contribution in [3.05, 3.63) is 87.1 Å². The van der Waals surface area contributed by atoms with Gasteiger partial charge in [0.15, 0.2) is 0 Å². The fourth-order valence-corrected chi connectivity index (χ4v) is 5.32. The van der Waals surface area contributed by atoms with Gasteiger partial charge in [0.1, 0.15) is 11.2 Å². The zero-order valence-electron chi connectivity index (χ0n) is 18.0. The number of hydrogen-bond acceptors (Lipinski definition) is 3. The van der Waals surface area contributed by atoms with E-state index < -0.39 is 0 Å². The molecular weight excluding hydrogens is 418 g/mol. The molecule has 5 nitrogen and oxygen atoms in total. The number of thiophene rings is 1. The Hall–Kier alpha value is -3.12. The van der Waals surface area contributed by atoms with Gasteiger partial charge in [-0.25, -0.2) is 0 Å². The van der Waals surface area contributed by atoms with E-state index in [1.54, 1.807) is 15.9 Å². The molecule has 4 aromatic rings. The van der Waals surface area contributed by atoms with Crippen LogP contribution in [0.5, 0.6) is 0 Å². The first-order valence-corrected chi connectivity index (χ1v) is 12.2. The van der Waals surface area contributed by atoms with Crippen LogP contribution in [-0.4, -0.2) is 20.9 Å². The minimum absolute atomic E-state index is 0.144. The highest BCUT2D eigenvalue weighted by molar-refractivity contribution is 7.09. The second-order valence-electron chi connectivity index (χ2n) is 8.49. The zero-order valence-corrected chi connectivity index (χ0v) is 18.8. The lowest BCUT2D eigenvalue weighted by molar-refractivity contribution is 0.0922. The molecule has 5 rings (SSSR count). The van der Waals surface area contributed by atoms with Gasteiger partial charge >= 0.3 is 0 Å². The van der Waals surface area contributed by atoms with Crippen LogP contribution in [0.15, 0.2) is 71.0 Å². The third kappa shape index (κ3) is 4.15. The first-order chi connectivity index (χ1) is 15.7. The van der Waals surface area contributed by atoms with Crippen LogP contribution in [0.3, 0.4) is 0 Å². The summed E-state index contributed by atoms with van der Waals surface area (Å²) in [6, 6.07) is 17.9. The number of amides is 1. The van der Waals surface area contributed by atoms with Crippen LogP contribution >= 0.6 is 11.3 Å². The van der Waals surface area contributed by atoms with E-state index in [2.05, 4.69) is 5.32 Å². The molecule has 0 bridgehead atoms. The summed E-state index contributed by atoms with van der Waals surface area (Å²) in [6.45, 7) is 0.395. The van der Waals surface area contributed by atoms with Crippen molar-refractivity contribution < 1.29 is 4.79 Å². The van der Waals surface area contributed by atoms with Gasteiger partial charge < -0.3 is 9.72 Å². The van der Waals surface area contributed by atoms with E-state index >= 15 is 0 Å². The third-order valence-electron chi connectivity index (χ3n) is 6.31. The molecule has 1 fully saturated rings. The van der Waals surface area contributed by atoms with Crippen molar-refractivity contribution in [2.75, 3.05) is 0 Å². The highest BCUT2D eigenvalue weighted by Crippen LogP contribution is 2.23. The standard InChI is InChI=1S/C26H27N3O2S/c30-25(27-20-11-6-1-2-7-12-20)24-18-28-22(19-9-4-3-5-10-19)14-15-23(28)26(31)29(24)17-21-13-8-16-32-21/h3-5,8-10,13-16,18,20H,1-2,6-7,11-12,17H2,(H,27,30). The van der Waals surface area contributed by atoms with Gasteiger partial charge in [0, 0.05) is 17.1 Å². The molecule has 1 amide bonds. The molecular formula is C26H27N3O2S. The Kier molecular flexibility index (Phi) is 5.95. The van der Waals surface area contributed by atoms with Crippen molar-refractivity contribution in [3.63, 3.8) is 0 Å². The van der Waals surface area contributed by atoms with E-state index in [1.807, 2.05) is 70.6 Å². The molecule has 0 aliphatic heterocycles. The molecule has 1 N–H and O–H groups in total. The van der Waals surface area contributed by atoms with Gasteiger partial charge in [-0.3, -0.25) is 14.2 Å². The van der Waals surface area contributed by atoms with Crippen molar-refractivity contribution in [2.45, 2.75) is 51.1 Å². The molecule has 3 aromatic heterocycles. The predicted octanol–water partition coefficient (Wildman–Crippen LogP) is 5.33. The van der Waals surface area contributed by atoms with Crippen LogP contribution in [0.1, 0.15) is 53.9 Å². The molecule has 0 radical (unpaired) electrons. The first-order valence-electron chi connectivity index (χ1n) is 11.3. The second kappa shape index (κ2) is 9.17. The minimum Gasteiger partial charge on any atom is -0.348 e. The van der Waals surface area contributed by atoms with Gasteiger partial charge in [0.2, 0.25) is 0 Å². The molecule has 0 spiro atoms. The van der Waals surface area contributed by atoms with E-state index in [4.69, 9.17) is 0 Å². The zero-order chi connectivity index (χ0) is 21.9. The van der Waals surface area contributed by atoms with Crippen LogP contribution in [-0.2, 0) is 6.54 Å². The highest BCUT2D eigenvalue weighted by Gasteiger charge is 2.21. The highest BCUT2D eigenvalue weighted by atomic mass is 32.1. The van der Waals surface area contributed by atoms with Crippen molar-refractivity contribution in [1.29, 1.82) is 0 Å². The Morgan fingerprint density at radius 1 is 0.969 bits per heavy atom. The minimum atomic E-state index is -0.167. The van der Waals surface area contributed by atoms with Crippen LogP contribution in [0.2, 0.25) is 0 Å². The lowest BCUT2D eigenvalue weighted by Crippen LogP contribution is -2.38. The number of benzene rings is 1. The largest absolute Gasteiger partial charge is 0.348 e. The van der Waals surface area contributed by atoms with Gasteiger partial charge in [0.05, 0.1) is 12.2 Å². The normalized spacial score (nSPS) is 15.0. The lowest BCUT2D eigenvalue weighted by Gasteiger charge is -2.19. The fraction of sp³-hybridized carbons (Fsp3) is 0.308. The summed E-state index contributed by atoms with van der Waals surface area (Å²) >= 11 is 1.59. The van der Waals surface area contributed by atoms with Crippen LogP contribution in [0.25, 0.3) is 16.8 Å². The van der Waals surface area contributed by atoms with E-state index in [-0.39, 0.29) is 17.5 Å². The number of fused-ring (bicyclic) bond motifs is 1. The summed E-state index contributed by atoms with van der Waals surface area (Å²) in [5.74, 6) is -0.167. The fourth-order valence-electron chi connectivity index (χ4n) is 4.63. The summed E-state index contributed by atoms with van der Waals surface area (Å²) in [4.78, 5) is 28.0. The maximum Gasteiger partial charge on any atom is 0.275 e. The Morgan fingerprint density at radius 3 is 2.47 bits per heavy atom. The van der Waals surface area contributed by atoms with Crippen molar-refractivity contribution >= 4 is 22.8 Å². The number of carbonyl (C=O) groups excluding carboxylic acids is 1. The Labute approximate surface area is 191 Å². The van der Waals surface area contributed by atoms with Gasteiger partial charge in [-0.1, -0.05) is 62.1 Å². The number of hydrogen-bond donors (Lipinski definition) is 1. The van der Waals surface area contributed by atoms with E-state index in [0.29, 0.717) is 17.8 Å². The van der Waals surface area contributed by atoms with Gasteiger partial charge in [-0.15, -0.1) is 11.3 Å². The molecule has 0 unspecified atom stereocenters. The maximum atomic E-state index is 13.5. The van der Waals surface area contributed by atoms with Gasteiger partial charge in [-0.05, 0) is 42.0 Å². The van der Waals surface area contributed by atoms with E-state index in [1.165, 1.54) is 12.8 Å². The second-order valence-corrected chi connectivity index (χ2v) is 9.52. The van der Waals surface area contributed by atoms with Crippen molar-refractivity contribution in [3.8, 4) is 11.3 Å². The number of nitrogens with zero attached hydrogens (tertiary/aromatic N) is 2. The van der Waals surface area contributed by atoms with Crippen LogP contribution < -0.4 is 10.9 Å². The van der Waals surface area contributed by atoms with Gasteiger partial charge in [-0.2, -0.15) is 0 Å². The third-order valence-corrected chi connectivity index (χ3v) is 7.17. The average Bonchev–Trinajstić information content (AvgIpc) is 3.41. The molecule has 0 atom stereocenters. The number of carbonyl (C=O) groups is 1. The molecule has 1 aliphatic rings. The van der Waals surface area contributed by atoms with Crippen LogP contribution in [0.4, 0.5) is 0 Å². The Bertz CT molecular complexity index is 1260. The quantitative estimate of drug-likeness (QED) is 0.422. The Morgan fingerprint density at radius 2 is 1.75 bits per heavy atom. The molecule has 1 aliphatic carbocycles. The molecule has 0 saturated heterocycles.